The minimum atomic E-state index is -0.249. The highest BCUT2D eigenvalue weighted by Gasteiger charge is 2.08. The molecule has 1 aromatic rings. The van der Waals surface area contributed by atoms with Crippen LogP contribution in [0.5, 0.6) is 0 Å². The molecule has 0 unspecified atom stereocenters. The molecule has 1 heterocycles. The van der Waals surface area contributed by atoms with Crippen LogP contribution in [0, 0.1) is 0 Å². The molecule has 0 radical (unpaired) electrons. The predicted molar refractivity (Wildman–Crippen MR) is 55.0 cm³/mol. The number of hydrogen-bond donors (Lipinski definition) is 1. The van der Waals surface area contributed by atoms with Crippen LogP contribution in [0.25, 0.3) is 0 Å². The Morgan fingerprint density at radius 3 is 2.57 bits per heavy atom. The number of nitrogens with zero attached hydrogens (tertiary/aromatic N) is 2. The van der Waals surface area contributed by atoms with E-state index in [4.69, 9.17) is 15.2 Å². The van der Waals surface area contributed by atoms with Crippen LogP contribution < -0.4 is 5.73 Å². The molecule has 2 N–H and O–H groups in total. The Hall–Kier alpha value is -0.850. The number of methoxy groups -OCH3 is 2. The summed E-state index contributed by atoms with van der Waals surface area (Å²) in [5.41, 5.74) is 5.61. The van der Waals surface area contributed by atoms with Crippen molar-refractivity contribution in [2.24, 2.45) is 0 Å². The Bertz CT molecular complexity index is 281. The highest BCUT2D eigenvalue weighted by atomic mass is 32.2. The SMILES string of the molecule is COC(CSc1nccnc1N)OC. The summed E-state index contributed by atoms with van der Waals surface area (Å²) in [7, 11) is 3.18. The Labute approximate surface area is 87.0 Å². The van der Waals surface area contributed by atoms with Gasteiger partial charge < -0.3 is 15.2 Å². The lowest BCUT2D eigenvalue weighted by Crippen LogP contribution is -2.16. The standard InChI is InChI=1S/C8H13N3O2S/c1-12-6(13-2)5-14-8-7(9)10-3-4-11-8/h3-4,6H,5H2,1-2H3,(H2,9,10). The van der Waals surface area contributed by atoms with Crippen LogP contribution in [0.4, 0.5) is 5.82 Å². The molecular weight excluding hydrogens is 202 g/mol. The van der Waals surface area contributed by atoms with Crippen molar-refractivity contribution in [1.82, 2.24) is 9.97 Å². The molecule has 5 nitrogen and oxygen atoms in total. The fourth-order valence-electron chi connectivity index (χ4n) is 0.827. The molecule has 0 aliphatic rings. The molecule has 0 saturated carbocycles. The first-order chi connectivity index (χ1) is 6.77. The number of rotatable bonds is 5. The number of aromatic nitrogens is 2. The Balaban J connectivity index is 2.49. The van der Waals surface area contributed by atoms with Gasteiger partial charge in [-0.3, -0.25) is 0 Å². The number of anilines is 1. The molecule has 6 heteroatoms. The fourth-order valence-corrected chi connectivity index (χ4v) is 1.73. The summed E-state index contributed by atoms with van der Waals surface area (Å²) in [6.45, 7) is 0. The summed E-state index contributed by atoms with van der Waals surface area (Å²) < 4.78 is 10.1. The maximum atomic E-state index is 5.61. The van der Waals surface area contributed by atoms with E-state index < -0.39 is 0 Å². The maximum absolute atomic E-state index is 5.61. The quantitative estimate of drug-likeness (QED) is 0.578. The van der Waals surface area contributed by atoms with Crippen molar-refractivity contribution in [2.75, 3.05) is 25.7 Å². The molecule has 1 aromatic heterocycles. The molecule has 0 saturated heterocycles. The first kappa shape index (κ1) is 11.2. The molecule has 0 atom stereocenters. The molecule has 0 amide bonds. The van der Waals surface area contributed by atoms with Gasteiger partial charge in [0.25, 0.3) is 0 Å². The summed E-state index contributed by atoms with van der Waals surface area (Å²) >= 11 is 1.46. The van der Waals surface area contributed by atoms with E-state index in [1.165, 1.54) is 11.8 Å². The average molecular weight is 215 g/mol. The van der Waals surface area contributed by atoms with Crippen molar-refractivity contribution in [3.8, 4) is 0 Å². The largest absolute Gasteiger partial charge is 0.381 e. The van der Waals surface area contributed by atoms with Crippen molar-refractivity contribution in [3.05, 3.63) is 12.4 Å². The van der Waals surface area contributed by atoms with Crippen molar-refractivity contribution < 1.29 is 9.47 Å². The van der Waals surface area contributed by atoms with Gasteiger partial charge in [-0.2, -0.15) is 0 Å². The van der Waals surface area contributed by atoms with Crippen LogP contribution in [0.2, 0.25) is 0 Å². The van der Waals surface area contributed by atoms with E-state index in [1.54, 1.807) is 26.6 Å². The number of nitrogens with two attached hydrogens (primary N) is 1. The third-order valence-electron chi connectivity index (χ3n) is 1.57. The summed E-state index contributed by atoms with van der Waals surface area (Å²) in [5.74, 6) is 1.07. The maximum Gasteiger partial charge on any atom is 0.166 e. The third kappa shape index (κ3) is 3.13. The highest BCUT2D eigenvalue weighted by molar-refractivity contribution is 7.99. The van der Waals surface area contributed by atoms with Gasteiger partial charge >= 0.3 is 0 Å². The molecule has 14 heavy (non-hydrogen) atoms. The molecule has 0 bridgehead atoms. The van der Waals surface area contributed by atoms with E-state index in [2.05, 4.69) is 9.97 Å². The zero-order chi connectivity index (χ0) is 10.4. The average Bonchev–Trinajstić information content (AvgIpc) is 2.22. The summed E-state index contributed by atoms with van der Waals surface area (Å²) in [4.78, 5) is 8.00. The van der Waals surface area contributed by atoms with Gasteiger partial charge in [0.2, 0.25) is 0 Å². The zero-order valence-corrected chi connectivity index (χ0v) is 8.95. The van der Waals surface area contributed by atoms with Crippen LogP contribution >= 0.6 is 11.8 Å². The summed E-state index contributed by atoms with van der Waals surface area (Å²) in [5, 5.41) is 0.701. The summed E-state index contributed by atoms with van der Waals surface area (Å²) in [6, 6.07) is 0. The van der Waals surface area contributed by atoms with Crippen LogP contribution in [-0.2, 0) is 9.47 Å². The molecule has 1 rings (SSSR count). The van der Waals surface area contributed by atoms with Crippen molar-refractivity contribution in [2.45, 2.75) is 11.3 Å². The third-order valence-corrected chi connectivity index (χ3v) is 2.60. The second-order valence-electron chi connectivity index (χ2n) is 2.46. The Kier molecular flexibility index (Phi) is 4.64. The minimum absolute atomic E-state index is 0.249. The smallest absolute Gasteiger partial charge is 0.166 e. The Morgan fingerprint density at radius 2 is 2.00 bits per heavy atom. The highest BCUT2D eigenvalue weighted by Crippen LogP contribution is 2.20. The van der Waals surface area contributed by atoms with Crippen LogP contribution in [0.15, 0.2) is 17.4 Å². The molecule has 0 aliphatic carbocycles. The molecule has 0 aromatic carbocycles. The minimum Gasteiger partial charge on any atom is -0.381 e. The van der Waals surface area contributed by atoms with Gasteiger partial charge in [0, 0.05) is 26.6 Å². The second kappa shape index (κ2) is 5.79. The number of hydrogen-bond acceptors (Lipinski definition) is 6. The van der Waals surface area contributed by atoms with E-state index in [1.807, 2.05) is 0 Å². The lowest BCUT2D eigenvalue weighted by atomic mass is 10.7. The molecule has 0 spiro atoms. The molecule has 0 aliphatic heterocycles. The normalized spacial score (nSPS) is 10.8. The van der Waals surface area contributed by atoms with Crippen LogP contribution in [0.1, 0.15) is 0 Å². The van der Waals surface area contributed by atoms with Gasteiger partial charge in [-0.05, 0) is 0 Å². The first-order valence-electron chi connectivity index (χ1n) is 4.02. The lowest BCUT2D eigenvalue weighted by molar-refractivity contribution is -0.0842. The van der Waals surface area contributed by atoms with E-state index in [-0.39, 0.29) is 6.29 Å². The van der Waals surface area contributed by atoms with Crippen molar-refractivity contribution in [3.63, 3.8) is 0 Å². The predicted octanol–water partition coefficient (Wildman–Crippen LogP) is 0.770. The van der Waals surface area contributed by atoms with Gasteiger partial charge in [-0.25, -0.2) is 9.97 Å². The van der Waals surface area contributed by atoms with E-state index in [0.29, 0.717) is 16.6 Å². The number of ether oxygens (including phenoxy) is 2. The topological polar surface area (TPSA) is 70.3 Å². The van der Waals surface area contributed by atoms with Crippen LogP contribution in [0.3, 0.4) is 0 Å². The van der Waals surface area contributed by atoms with Crippen LogP contribution in [-0.4, -0.2) is 36.2 Å². The number of thioether (sulfide) groups is 1. The molecule has 78 valence electrons. The summed E-state index contributed by atoms with van der Waals surface area (Å²) in [6.07, 6.45) is 2.91. The van der Waals surface area contributed by atoms with E-state index in [0.717, 1.165) is 0 Å². The second-order valence-corrected chi connectivity index (χ2v) is 3.47. The van der Waals surface area contributed by atoms with Crippen molar-refractivity contribution in [1.29, 1.82) is 0 Å². The van der Waals surface area contributed by atoms with Gasteiger partial charge in [0.05, 0.1) is 5.75 Å². The van der Waals surface area contributed by atoms with Gasteiger partial charge in [-0.1, -0.05) is 11.8 Å². The zero-order valence-electron chi connectivity index (χ0n) is 8.14. The Morgan fingerprint density at radius 1 is 1.36 bits per heavy atom. The molecule has 0 fully saturated rings. The van der Waals surface area contributed by atoms with Gasteiger partial charge in [0.15, 0.2) is 12.1 Å². The molecular formula is C8H13N3O2S. The van der Waals surface area contributed by atoms with E-state index in [9.17, 15) is 0 Å². The lowest BCUT2D eigenvalue weighted by Gasteiger charge is -2.12. The van der Waals surface area contributed by atoms with E-state index >= 15 is 0 Å². The van der Waals surface area contributed by atoms with Crippen molar-refractivity contribution >= 4 is 17.6 Å². The first-order valence-corrected chi connectivity index (χ1v) is 5.01. The monoisotopic (exact) mass is 215 g/mol. The van der Waals surface area contributed by atoms with Gasteiger partial charge in [-0.15, -0.1) is 0 Å². The van der Waals surface area contributed by atoms with Gasteiger partial charge in [0.1, 0.15) is 5.03 Å². The fraction of sp³-hybridized carbons (Fsp3) is 0.500. The number of nitrogen functional groups attached to an aromatic ring is 1.